The number of hydrogen-bond acceptors (Lipinski definition) is 5. The lowest BCUT2D eigenvalue weighted by atomic mass is 10.3. The molecule has 0 radical (unpaired) electrons. The van der Waals surface area contributed by atoms with E-state index in [0.29, 0.717) is 5.82 Å². The molecule has 94 valence electrons. The smallest absolute Gasteiger partial charge is 0.325 e. The molecule has 18 heavy (non-hydrogen) atoms. The summed E-state index contributed by atoms with van der Waals surface area (Å²) in [6.45, 7) is 0.178. The molecule has 0 unspecified atom stereocenters. The van der Waals surface area contributed by atoms with E-state index < -0.39 is 17.2 Å². The summed E-state index contributed by atoms with van der Waals surface area (Å²) in [5.41, 5.74) is -1.53. The van der Waals surface area contributed by atoms with Gasteiger partial charge in [-0.3, -0.25) is 19.7 Å². The van der Waals surface area contributed by atoms with Crippen molar-refractivity contribution in [1.29, 1.82) is 0 Å². The lowest BCUT2D eigenvalue weighted by Gasteiger charge is -2.14. The largest absolute Gasteiger partial charge is 0.334 e. The molecule has 2 aromatic rings. The maximum absolute atomic E-state index is 11.9. The Bertz CT molecular complexity index is 655. The van der Waals surface area contributed by atoms with Crippen LogP contribution < -0.4 is 11.2 Å². The number of H-pyrrole nitrogens is 3. The number of carbonyl (C=O) groups is 1. The van der Waals surface area contributed by atoms with E-state index in [4.69, 9.17) is 0 Å². The van der Waals surface area contributed by atoms with E-state index in [2.05, 4.69) is 20.2 Å². The predicted molar refractivity (Wildman–Crippen MR) is 59.9 cm³/mol. The van der Waals surface area contributed by atoms with E-state index in [-0.39, 0.29) is 12.1 Å². The molecule has 2 heterocycles. The van der Waals surface area contributed by atoms with Gasteiger partial charge in [0.1, 0.15) is 17.7 Å². The molecule has 0 saturated heterocycles. The van der Waals surface area contributed by atoms with E-state index in [1.54, 1.807) is 0 Å². The maximum Gasteiger partial charge on any atom is 0.325 e. The van der Waals surface area contributed by atoms with Gasteiger partial charge in [-0.2, -0.15) is 5.10 Å². The van der Waals surface area contributed by atoms with Crippen molar-refractivity contribution >= 4 is 5.91 Å². The molecule has 9 heteroatoms. The molecular weight excluding hydrogens is 240 g/mol. The molecule has 0 aliphatic rings. The zero-order chi connectivity index (χ0) is 13.1. The highest BCUT2D eigenvalue weighted by Gasteiger charge is 2.16. The fourth-order valence-corrected chi connectivity index (χ4v) is 1.38. The van der Waals surface area contributed by atoms with Crippen LogP contribution in [0.5, 0.6) is 0 Å². The molecule has 3 N–H and O–H groups in total. The number of hydrogen-bond donors (Lipinski definition) is 3. The fourth-order valence-electron chi connectivity index (χ4n) is 1.38. The first-order valence-corrected chi connectivity index (χ1v) is 4.99. The van der Waals surface area contributed by atoms with Crippen LogP contribution in [-0.2, 0) is 6.54 Å². The molecular formula is C9H10N6O3. The topological polar surface area (TPSA) is 128 Å². The number of aromatic nitrogens is 5. The van der Waals surface area contributed by atoms with Crippen LogP contribution in [-0.4, -0.2) is 43.0 Å². The van der Waals surface area contributed by atoms with Crippen LogP contribution in [0.4, 0.5) is 0 Å². The number of nitrogens with one attached hydrogen (secondary N) is 3. The van der Waals surface area contributed by atoms with Crippen LogP contribution >= 0.6 is 0 Å². The zero-order valence-corrected chi connectivity index (χ0v) is 9.43. The Kier molecular flexibility index (Phi) is 3.04. The first-order valence-electron chi connectivity index (χ1n) is 4.99. The molecule has 1 amide bonds. The summed E-state index contributed by atoms with van der Waals surface area (Å²) in [5.74, 6) is -0.0318. The van der Waals surface area contributed by atoms with Crippen molar-refractivity contribution in [3.05, 3.63) is 44.8 Å². The van der Waals surface area contributed by atoms with Crippen molar-refractivity contribution in [3.63, 3.8) is 0 Å². The summed E-state index contributed by atoms with van der Waals surface area (Å²) in [6.07, 6.45) is 2.40. The van der Waals surface area contributed by atoms with Crippen molar-refractivity contribution in [1.82, 2.24) is 30.0 Å². The van der Waals surface area contributed by atoms with E-state index in [1.165, 1.54) is 18.3 Å². The molecule has 0 fully saturated rings. The van der Waals surface area contributed by atoms with Crippen LogP contribution in [0.15, 0.2) is 22.1 Å². The van der Waals surface area contributed by atoms with E-state index in [0.717, 1.165) is 6.20 Å². The zero-order valence-electron chi connectivity index (χ0n) is 9.43. The quantitative estimate of drug-likeness (QED) is 0.607. The minimum atomic E-state index is -0.729. The van der Waals surface area contributed by atoms with Crippen molar-refractivity contribution in [2.45, 2.75) is 6.54 Å². The van der Waals surface area contributed by atoms with E-state index in [9.17, 15) is 14.4 Å². The Morgan fingerprint density at radius 1 is 1.44 bits per heavy atom. The fraction of sp³-hybridized carbons (Fsp3) is 0.222. The van der Waals surface area contributed by atoms with Gasteiger partial charge in [0, 0.05) is 13.2 Å². The Labute approximate surface area is 99.9 Å². The number of rotatable bonds is 3. The Balaban J connectivity index is 2.20. The highest BCUT2D eigenvalue weighted by molar-refractivity contribution is 5.93. The second kappa shape index (κ2) is 4.65. The minimum Gasteiger partial charge on any atom is -0.334 e. The summed E-state index contributed by atoms with van der Waals surface area (Å²) in [5, 5.41) is 6.25. The molecule has 0 aromatic carbocycles. The van der Waals surface area contributed by atoms with Crippen LogP contribution in [0.2, 0.25) is 0 Å². The average Bonchev–Trinajstić information content (AvgIpc) is 2.81. The van der Waals surface area contributed by atoms with Gasteiger partial charge in [-0.05, 0) is 0 Å². The summed E-state index contributed by atoms with van der Waals surface area (Å²) in [4.78, 5) is 43.6. The average molecular weight is 250 g/mol. The third-order valence-corrected chi connectivity index (χ3v) is 2.25. The third-order valence-electron chi connectivity index (χ3n) is 2.25. The van der Waals surface area contributed by atoms with Crippen LogP contribution in [0.25, 0.3) is 0 Å². The van der Waals surface area contributed by atoms with Gasteiger partial charge < -0.3 is 9.88 Å². The first kappa shape index (κ1) is 11.8. The highest BCUT2D eigenvalue weighted by Crippen LogP contribution is 1.99. The van der Waals surface area contributed by atoms with Crippen molar-refractivity contribution in [2.75, 3.05) is 7.05 Å². The van der Waals surface area contributed by atoms with Gasteiger partial charge in [-0.15, -0.1) is 0 Å². The van der Waals surface area contributed by atoms with Gasteiger partial charge in [-0.25, -0.2) is 9.78 Å². The molecule has 9 nitrogen and oxygen atoms in total. The summed E-state index contributed by atoms with van der Waals surface area (Å²) < 4.78 is 0. The van der Waals surface area contributed by atoms with Gasteiger partial charge >= 0.3 is 5.69 Å². The molecule has 2 aromatic heterocycles. The molecule has 0 saturated carbocycles. The van der Waals surface area contributed by atoms with Gasteiger partial charge in [-0.1, -0.05) is 0 Å². The molecule has 0 bridgehead atoms. The Morgan fingerprint density at radius 2 is 2.22 bits per heavy atom. The van der Waals surface area contributed by atoms with Gasteiger partial charge in [0.15, 0.2) is 0 Å². The molecule has 0 aliphatic heterocycles. The molecule has 0 aliphatic carbocycles. The highest BCUT2D eigenvalue weighted by atomic mass is 16.2. The normalized spacial score (nSPS) is 10.3. The predicted octanol–water partition coefficient (Wildman–Crippen LogP) is -1.55. The van der Waals surface area contributed by atoms with Crippen molar-refractivity contribution in [2.24, 2.45) is 0 Å². The maximum atomic E-state index is 11.9. The number of amides is 1. The Morgan fingerprint density at radius 3 is 2.83 bits per heavy atom. The van der Waals surface area contributed by atoms with E-state index in [1.807, 2.05) is 4.98 Å². The van der Waals surface area contributed by atoms with Crippen LogP contribution in [0.3, 0.4) is 0 Å². The van der Waals surface area contributed by atoms with Crippen molar-refractivity contribution in [3.8, 4) is 0 Å². The third kappa shape index (κ3) is 2.34. The lowest BCUT2D eigenvalue weighted by Crippen LogP contribution is -2.34. The van der Waals surface area contributed by atoms with Crippen molar-refractivity contribution < 1.29 is 4.79 Å². The summed E-state index contributed by atoms with van der Waals surface area (Å²) >= 11 is 0. The second-order valence-electron chi connectivity index (χ2n) is 3.58. The molecule has 0 atom stereocenters. The van der Waals surface area contributed by atoms with Crippen LogP contribution in [0.1, 0.15) is 16.2 Å². The molecule has 2 rings (SSSR count). The number of carbonyl (C=O) groups excluding carboxylic acids is 1. The SMILES string of the molecule is CN(Cc1ncn[nH]1)C(=O)c1c[nH]c(=O)[nH]c1=O. The number of nitrogens with zero attached hydrogens (tertiary/aromatic N) is 3. The van der Waals surface area contributed by atoms with Gasteiger partial charge in [0.25, 0.3) is 11.5 Å². The second-order valence-corrected chi connectivity index (χ2v) is 3.58. The lowest BCUT2D eigenvalue weighted by molar-refractivity contribution is 0.0779. The number of aromatic amines is 3. The minimum absolute atomic E-state index is 0.142. The summed E-state index contributed by atoms with van der Waals surface area (Å²) in [7, 11) is 1.51. The first-order chi connectivity index (χ1) is 8.58. The van der Waals surface area contributed by atoms with Gasteiger partial charge in [0.05, 0.1) is 6.54 Å². The monoisotopic (exact) mass is 250 g/mol. The van der Waals surface area contributed by atoms with Crippen LogP contribution in [0, 0.1) is 0 Å². The molecule has 0 spiro atoms. The standard InChI is InChI=1S/C9H10N6O3/c1-15(3-6-11-4-12-14-6)8(17)5-2-10-9(18)13-7(5)16/h2,4H,3H2,1H3,(H,11,12,14)(H2,10,13,16,18). The van der Waals surface area contributed by atoms with Gasteiger partial charge in [0.2, 0.25) is 0 Å². The summed E-state index contributed by atoms with van der Waals surface area (Å²) in [6, 6.07) is 0. The van der Waals surface area contributed by atoms with E-state index >= 15 is 0 Å². The Hall–Kier alpha value is -2.71.